The van der Waals surface area contributed by atoms with Crippen molar-refractivity contribution >= 4 is 11.7 Å². The summed E-state index contributed by atoms with van der Waals surface area (Å²) in [5.74, 6) is -4.50. The lowest BCUT2D eigenvalue weighted by atomic mass is 10.00. The Morgan fingerprint density at radius 3 is 2.46 bits per heavy atom. The van der Waals surface area contributed by atoms with Crippen LogP contribution in [0, 0.1) is 0 Å². The predicted molar refractivity (Wildman–Crippen MR) is 97.9 cm³/mol. The smallest absolute Gasteiger partial charge is 0.286 e. The van der Waals surface area contributed by atoms with Gasteiger partial charge in [-0.05, 0) is 12.0 Å². The minimum atomic E-state index is -3.16. The maximum absolute atomic E-state index is 14.2. The van der Waals surface area contributed by atoms with Gasteiger partial charge < -0.3 is 15.5 Å². The normalized spacial score (nSPS) is 13.8. The topological polar surface area (TPSA) is 111 Å². The zero-order chi connectivity index (χ0) is 20.7. The Hall–Kier alpha value is -2.68. The number of hydrogen-bond donors (Lipinski definition) is 2. The molecule has 0 saturated heterocycles. The number of hydrogen-bond acceptors (Lipinski definition) is 6. The highest BCUT2D eigenvalue weighted by Gasteiger charge is 2.35. The van der Waals surface area contributed by atoms with Crippen molar-refractivity contribution in [3.8, 4) is 0 Å². The second-order valence-corrected chi connectivity index (χ2v) is 6.52. The third-order valence-corrected chi connectivity index (χ3v) is 4.18. The van der Waals surface area contributed by atoms with E-state index in [1.165, 1.54) is 0 Å². The van der Waals surface area contributed by atoms with E-state index in [9.17, 15) is 18.4 Å². The molecule has 2 rings (SSSR count). The minimum Gasteiger partial charge on any atom is -0.418 e. The fourth-order valence-corrected chi connectivity index (χ4v) is 2.66. The van der Waals surface area contributed by atoms with Gasteiger partial charge in [0.15, 0.2) is 0 Å². The van der Waals surface area contributed by atoms with Gasteiger partial charge in [-0.15, -0.1) is 10.2 Å². The largest absolute Gasteiger partial charge is 0.418 e. The van der Waals surface area contributed by atoms with Crippen LogP contribution in [0.2, 0.25) is 0 Å². The van der Waals surface area contributed by atoms with Gasteiger partial charge in [-0.3, -0.25) is 9.59 Å². The molecule has 1 unspecified atom stereocenters. The van der Waals surface area contributed by atoms with Crippen molar-refractivity contribution in [2.24, 2.45) is 5.73 Å². The van der Waals surface area contributed by atoms with Crippen molar-refractivity contribution in [1.82, 2.24) is 15.5 Å². The van der Waals surface area contributed by atoms with Crippen LogP contribution in [0.5, 0.6) is 0 Å². The number of ketones is 1. The summed E-state index contributed by atoms with van der Waals surface area (Å²) >= 11 is 0. The highest BCUT2D eigenvalue weighted by atomic mass is 19.3. The molecule has 2 atom stereocenters. The van der Waals surface area contributed by atoms with Gasteiger partial charge >= 0.3 is 0 Å². The molecule has 152 valence electrons. The third kappa shape index (κ3) is 5.91. The van der Waals surface area contributed by atoms with Crippen LogP contribution in [0.3, 0.4) is 0 Å². The van der Waals surface area contributed by atoms with Crippen molar-refractivity contribution in [1.29, 1.82) is 0 Å². The van der Waals surface area contributed by atoms with E-state index in [-0.39, 0.29) is 12.3 Å². The van der Waals surface area contributed by atoms with Gasteiger partial charge in [-0.25, -0.2) is 8.78 Å². The number of rotatable bonds is 10. The summed E-state index contributed by atoms with van der Waals surface area (Å²) in [7, 11) is 0. The lowest BCUT2D eigenvalue weighted by Gasteiger charge is -2.22. The summed E-state index contributed by atoms with van der Waals surface area (Å²) in [6.45, 7) is 3.45. The van der Waals surface area contributed by atoms with Crippen LogP contribution < -0.4 is 11.1 Å². The van der Waals surface area contributed by atoms with Gasteiger partial charge in [0.05, 0.1) is 12.1 Å². The van der Waals surface area contributed by atoms with Crippen molar-refractivity contribution in [3.63, 3.8) is 0 Å². The fourth-order valence-electron chi connectivity index (χ4n) is 2.66. The van der Waals surface area contributed by atoms with Gasteiger partial charge in [-0.2, -0.15) is 0 Å². The molecule has 1 amide bonds. The van der Waals surface area contributed by atoms with Crippen LogP contribution in [0.4, 0.5) is 8.78 Å². The number of Topliss-reactive ketones (excluding diaryl/α,β-unsaturated/α-hetero) is 1. The molecule has 3 N–H and O–H groups in total. The molecule has 0 bridgehead atoms. The number of nitrogens with zero attached hydrogens (tertiary/aromatic N) is 2. The van der Waals surface area contributed by atoms with E-state index in [0.29, 0.717) is 17.9 Å². The summed E-state index contributed by atoms with van der Waals surface area (Å²) in [6, 6.07) is 5.78. The zero-order valence-electron chi connectivity index (χ0n) is 15.8. The van der Waals surface area contributed by atoms with Crippen molar-refractivity contribution in [2.45, 2.75) is 57.5 Å². The number of carbonyl (C=O) groups excluding carboxylic acids is 2. The summed E-state index contributed by atoms with van der Waals surface area (Å²) in [6.07, 6.45) is -0.669. The summed E-state index contributed by atoms with van der Waals surface area (Å²) in [5.41, 5.74) is 6.12. The molecule has 2 aromatic rings. The maximum atomic E-state index is 14.2. The first kappa shape index (κ1) is 21.6. The maximum Gasteiger partial charge on any atom is 0.286 e. The number of aromatic nitrogens is 2. The van der Waals surface area contributed by atoms with E-state index < -0.39 is 42.5 Å². The molecule has 0 aliphatic heterocycles. The number of carbonyl (C=O) groups is 2. The van der Waals surface area contributed by atoms with Crippen molar-refractivity contribution in [3.05, 3.63) is 47.7 Å². The van der Waals surface area contributed by atoms with Gasteiger partial charge in [0.1, 0.15) is 0 Å². The number of amides is 1. The molecule has 1 aromatic carbocycles. The highest BCUT2D eigenvalue weighted by Crippen LogP contribution is 2.25. The highest BCUT2D eigenvalue weighted by molar-refractivity contribution is 5.98. The monoisotopic (exact) mass is 394 g/mol. The predicted octanol–water partition coefficient (Wildman–Crippen LogP) is 2.30. The lowest BCUT2D eigenvalue weighted by Crippen LogP contribution is -2.50. The molecular formula is C19H24F2N4O3. The number of alkyl halides is 2. The van der Waals surface area contributed by atoms with Crippen LogP contribution in [0.1, 0.15) is 48.8 Å². The van der Waals surface area contributed by atoms with E-state index in [4.69, 9.17) is 10.2 Å². The summed E-state index contributed by atoms with van der Waals surface area (Å²) in [4.78, 5) is 24.6. The average molecular weight is 394 g/mol. The van der Waals surface area contributed by atoms with E-state index in [2.05, 4.69) is 15.5 Å². The van der Waals surface area contributed by atoms with Crippen LogP contribution in [0.15, 0.2) is 34.7 Å². The number of benzene rings is 1. The Morgan fingerprint density at radius 1 is 1.21 bits per heavy atom. The van der Waals surface area contributed by atoms with E-state index in [0.717, 1.165) is 0 Å². The Morgan fingerprint density at radius 2 is 1.89 bits per heavy atom. The Kier molecular flexibility index (Phi) is 7.33. The molecule has 1 heterocycles. The first-order valence-electron chi connectivity index (χ1n) is 9.10. The molecule has 0 spiro atoms. The average Bonchev–Trinajstić information content (AvgIpc) is 3.14. The van der Waals surface area contributed by atoms with Crippen LogP contribution >= 0.6 is 0 Å². The molecule has 0 aliphatic rings. The quantitative estimate of drug-likeness (QED) is 0.598. The standard InChI is InChI=1S/C19H24F2N4O3/c1-3-14(16(26)18-25-24-15(4-2)28-18)23-17(27)13(22)11-19(20,21)10-12-8-6-5-7-9-12/h5-9,13-14H,3-4,10-11,22H2,1-2H3,(H,23,27)/t13-,14?/m0/s1. The van der Waals surface area contributed by atoms with Crippen LogP contribution in [-0.4, -0.2) is 39.9 Å². The second kappa shape index (κ2) is 9.50. The van der Waals surface area contributed by atoms with Crippen LogP contribution in [0.25, 0.3) is 0 Å². The number of aryl methyl sites for hydroxylation is 1. The van der Waals surface area contributed by atoms with Crippen molar-refractivity contribution in [2.75, 3.05) is 0 Å². The van der Waals surface area contributed by atoms with Gasteiger partial charge in [0.2, 0.25) is 17.6 Å². The molecule has 28 heavy (non-hydrogen) atoms. The van der Waals surface area contributed by atoms with Gasteiger partial charge in [-0.1, -0.05) is 44.2 Å². The Bertz CT molecular complexity index is 795. The third-order valence-electron chi connectivity index (χ3n) is 4.18. The Balaban J connectivity index is 1.96. The van der Waals surface area contributed by atoms with E-state index in [1.54, 1.807) is 44.2 Å². The van der Waals surface area contributed by atoms with Crippen molar-refractivity contribution < 1.29 is 22.8 Å². The molecule has 0 aliphatic carbocycles. The van der Waals surface area contributed by atoms with E-state index >= 15 is 0 Å². The van der Waals surface area contributed by atoms with E-state index in [1.807, 2.05) is 0 Å². The summed E-state index contributed by atoms with van der Waals surface area (Å²) < 4.78 is 33.7. The van der Waals surface area contributed by atoms with Gasteiger partial charge in [0.25, 0.3) is 11.8 Å². The molecule has 9 heteroatoms. The molecule has 0 fully saturated rings. The number of nitrogens with one attached hydrogen (secondary N) is 1. The number of nitrogens with two attached hydrogens (primary N) is 1. The zero-order valence-corrected chi connectivity index (χ0v) is 15.8. The molecule has 0 radical (unpaired) electrons. The fraction of sp³-hybridized carbons (Fsp3) is 0.474. The minimum absolute atomic E-state index is 0.224. The number of halogens is 2. The molecule has 0 saturated carbocycles. The lowest BCUT2D eigenvalue weighted by molar-refractivity contribution is -0.125. The SMILES string of the molecule is CCc1nnc(C(=O)C(CC)NC(=O)[C@@H](N)CC(F)(F)Cc2ccccc2)o1. The first-order chi connectivity index (χ1) is 13.3. The Labute approximate surface area is 161 Å². The van der Waals surface area contributed by atoms with Gasteiger partial charge in [0, 0.05) is 19.3 Å². The molecule has 1 aromatic heterocycles. The molecule has 7 nitrogen and oxygen atoms in total. The first-order valence-corrected chi connectivity index (χ1v) is 9.10. The second-order valence-electron chi connectivity index (χ2n) is 6.52. The summed E-state index contributed by atoms with van der Waals surface area (Å²) in [5, 5.41) is 9.75. The molecular weight excluding hydrogens is 370 g/mol. The van der Waals surface area contributed by atoms with Crippen LogP contribution in [-0.2, 0) is 17.6 Å².